The van der Waals surface area contributed by atoms with Gasteiger partial charge in [-0.1, -0.05) is 19.9 Å². The summed E-state index contributed by atoms with van der Waals surface area (Å²) in [5.74, 6) is 0.390. The van der Waals surface area contributed by atoms with Crippen molar-refractivity contribution < 1.29 is 4.39 Å². The SMILES string of the molecule is CC(C)C(CNC(C)(C)C)N1CCc2ccc(F)cc21. The first kappa shape index (κ1) is 15.3. The maximum atomic E-state index is 13.5. The summed E-state index contributed by atoms with van der Waals surface area (Å²) in [5, 5.41) is 3.59. The van der Waals surface area contributed by atoms with Crippen molar-refractivity contribution in [3.63, 3.8) is 0 Å². The molecule has 112 valence electrons. The fourth-order valence-electron chi connectivity index (χ4n) is 2.84. The Hall–Kier alpha value is -1.09. The lowest BCUT2D eigenvalue weighted by Crippen LogP contribution is -2.49. The van der Waals surface area contributed by atoms with Gasteiger partial charge in [-0.05, 0) is 50.8 Å². The van der Waals surface area contributed by atoms with E-state index >= 15 is 0 Å². The van der Waals surface area contributed by atoms with E-state index in [2.05, 4.69) is 44.8 Å². The summed E-state index contributed by atoms with van der Waals surface area (Å²) in [7, 11) is 0. The average molecular weight is 278 g/mol. The van der Waals surface area contributed by atoms with Crippen molar-refractivity contribution >= 4 is 5.69 Å². The fourth-order valence-corrected chi connectivity index (χ4v) is 2.84. The molecule has 0 aromatic heterocycles. The Morgan fingerprint density at radius 3 is 2.60 bits per heavy atom. The number of hydrogen-bond acceptors (Lipinski definition) is 2. The summed E-state index contributed by atoms with van der Waals surface area (Å²) in [5.41, 5.74) is 2.46. The summed E-state index contributed by atoms with van der Waals surface area (Å²) < 4.78 is 13.5. The number of nitrogens with zero attached hydrogens (tertiary/aromatic N) is 1. The molecule has 3 heteroatoms. The van der Waals surface area contributed by atoms with Crippen molar-refractivity contribution in [3.05, 3.63) is 29.6 Å². The van der Waals surface area contributed by atoms with E-state index in [-0.39, 0.29) is 11.4 Å². The van der Waals surface area contributed by atoms with Gasteiger partial charge in [-0.3, -0.25) is 0 Å². The topological polar surface area (TPSA) is 15.3 Å². The predicted molar refractivity (Wildman–Crippen MR) is 83.8 cm³/mol. The van der Waals surface area contributed by atoms with Crippen LogP contribution in [0.15, 0.2) is 18.2 Å². The van der Waals surface area contributed by atoms with Crippen LogP contribution in [-0.4, -0.2) is 24.7 Å². The maximum absolute atomic E-state index is 13.5. The lowest BCUT2D eigenvalue weighted by molar-refractivity contribution is 0.360. The van der Waals surface area contributed by atoms with Crippen LogP contribution in [0.25, 0.3) is 0 Å². The minimum atomic E-state index is -0.137. The quantitative estimate of drug-likeness (QED) is 0.905. The van der Waals surface area contributed by atoms with E-state index in [1.807, 2.05) is 6.07 Å². The van der Waals surface area contributed by atoms with E-state index < -0.39 is 0 Å². The van der Waals surface area contributed by atoms with Crippen LogP contribution in [-0.2, 0) is 6.42 Å². The van der Waals surface area contributed by atoms with E-state index in [1.54, 1.807) is 12.1 Å². The number of anilines is 1. The van der Waals surface area contributed by atoms with Crippen LogP contribution in [0.4, 0.5) is 10.1 Å². The monoisotopic (exact) mass is 278 g/mol. The Balaban J connectivity index is 2.18. The van der Waals surface area contributed by atoms with Crippen LogP contribution in [0.1, 0.15) is 40.2 Å². The Bertz CT molecular complexity index is 463. The summed E-state index contributed by atoms with van der Waals surface area (Å²) >= 11 is 0. The lowest BCUT2D eigenvalue weighted by atomic mass is 10.00. The molecule has 1 aliphatic rings. The number of fused-ring (bicyclic) bond motifs is 1. The first-order valence-corrected chi connectivity index (χ1v) is 7.58. The molecule has 0 radical (unpaired) electrons. The van der Waals surface area contributed by atoms with E-state index in [1.165, 1.54) is 5.56 Å². The van der Waals surface area contributed by atoms with Gasteiger partial charge >= 0.3 is 0 Å². The van der Waals surface area contributed by atoms with Gasteiger partial charge in [0.15, 0.2) is 0 Å². The van der Waals surface area contributed by atoms with Crippen LogP contribution in [0, 0.1) is 11.7 Å². The molecule has 0 saturated carbocycles. The molecular weight excluding hydrogens is 251 g/mol. The Morgan fingerprint density at radius 2 is 2.00 bits per heavy atom. The smallest absolute Gasteiger partial charge is 0.125 e. The van der Waals surface area contributed by atoms with Gasteiger partial charge in [0.25, 0.3) is 0 Å². The highest BCUT2D eigenvalue weighted by atomic mass is 19.1. The highest BCUT2D eigenvalue weighted by molar-refractivity contribution is 5.59. The van der Waals surface area contributed by atoms with Crippen LogP contribution in [0.2, 0.25) is 0 Å². The third-order valence-corrected chi connectivity index (χ3v) is 3.99. The van der Waals surface area contributed by atoms with Gasteiger partial charge in [0.1, 0.15) is 5.82 Å². The van der Waals surface area contributed by atoms with Crippen molar-refractivity contribution in [1.29, 1.82) is 0 Å². The largest absolute Gasteiger partial charge is 0.366 e. The average Bonchev–Trinajstić information content (AvgIpc) is 2.71. The minimum absolute atomic E-state index is 0.109. The van der Waals surface area contributed by atoms with E-state index in [9.17, 15) is 4.39 Å². The zero-order valence-electron chi connectivity index (χ0n) is 13.3. The predicted octanol–water partition coefficient (Wildman–Crippen LogP) is 3.60. The molecule has 1 aliphatic heterocycles. The van der Waals surface area contributed by atoms with Crippen molar-refractivity contribution in [3.8, 4) is 0 Å². The van der Waals surface area contributed by atoms with Gasteiger partial charge < -0.3 is 10.2 Å². The molecule has 1 aromatic carbocycles. The molecule has 0 amide bonds. The van der Waals surface area contributed by atoms with E-state index in [0.717, 1.165) is 25.2 Å². The molecule has 0 fully saturated rings. The van der Waals surface area contributed by atoms with Crippen LogP contribution in [0.3, 0.4) is 0 Å². The number of nitrogens with one attached hydrogen (secondary N) is 1. The highest BCUT2D eigenvalue weighted by Gasteiger charge is 2.29. The van der Waals surface area contributed by atoms with Gasteiger partial charge in [-0.2, -0.15) is 0 Å². The molecule has 1 heterocycles. The molecule has 1 N–H and O–H groups in total. The molecule has 1 aromatic rings. The zero-order valence-corrected chi connectivity index (χ0v) is 13.3. The molecule has 1 unspecified atom stereocenters. The van der Waals surface area contributed by atoms with Crippen LogP contribution in [0.5, 0.6) is 0 Å². The van der Waals surface area contributed by atoms with Gasteiger partial charge in [0.05, 0.1) is 0 Å². The number of rotatable bonds is 4. The van der Waals surface area contributed by atoms with Crippen LogP contribution < -0.4 is 10.2 Å². The fraction of sp³-hybridized carbons (Fsp3) is 0.647. The molecule has 2 nitrogen and oxygen atoms in total. The van der Waals surface area contributed by atoms with E-state index in [4.69, 9.17) is 0 Å². The van der Waals surface area contributed by atoms with Gasteiger partial charge in [0, 0.05) is 30.4 Å². The third kappa shape index (κ3) is 3.51. The molecule has 1 atom stereocenters. The number of halogens is 1. The van der Waals surface area contributed by atoms with Crippen molar-refractivity contribution in [2.75, 3.05) is 18.0 Å². The van der Waals surface area contributed by atoms with Crippen molar-refractivity contribution in [2.24, 2.45) is 5.92 Å². The highest BCUT2D eigenvalue weighted by Crippen LogP contribution is 2.32. The zero-order chi connectivity index (χ0) is 14.9. The second-order valence-corrected chi connectivity index (χ2v) is 7.16. The molecule has 0 saturated heterocycles. The number of hydrogen-bond donors (Lipinski definition) is 1. The van der Waals surface area contributed by atoms with Gasteiger partial charge in [-0.15, -0.1) is 0 Å². The van der Waals surface area contributed by atoms with E-state index in [0.29, 0.717) is 12.0 Å². The Morgan fingerprint density at radius 1 is 1.30 bits per heavy atom. The molecule has 0 spiro atoms. The summed E-state index contributed by atoms with van der Waals surface area (Å²) in [6, 6.07) is 5.59. The second kappa shape index (κ2) is 5.72. The van der Waals surface area contributed by atoms with Crippen molar-refractivity contribution in [2.45, 2.75) is 52.6 Å². The van der Waals surface area contributed by atoms with Gasteiger partial charge in [0.2, 0.25) is 0 Å². The summed E-state index contributed by atoms with van der Waals surface area (Å²) in [6.45, 7) is 13.0. The third-order valence-electron chi connectivity index (χ3n) is 3.99. The maximum Gasteiger partial charge on any atom is 0.125 e. The molecule has 2 rings (SSSR count). The summed E-state index contributed by atoms with van der Waals surface area (Å²) in [4.78, 5) is 2.38. The van der Waals surface area contributed by atoms with Gasteiger partial charge in [-0.25, -0.2) is 4.39 Å². The first-order valence-electron chi connectivity index (χ1n) is 7.58. The van der Waals surface area contributed by atoms with Crippen LogP contribution >= 0.6 is 0 Å². The second-order valence-electron chi connectivity index (χ2n) is 7.16. The molecular formula is C17H27FN2. The first-order chi connectivity index (χ1) is 9.28. The molecule has 20 heavy (non-hydrogen) atoms. The standard InChI is InChI=1S/C17H27FN2/c1-12(2)16(11-19-17(3,4)5)20-9-8-13-6-7-14(18)10-15(13)20/h6-7,10,12,16,19H,8-9,11H2,1-5H3. The number of benzene rings is 1. The summed E-state index contributed by atoms with van der Waals surface area (Å²) in [6.07, 6.45) is 1.02. The Labute approximate surface area is 122 Å². The lowest BCUT2D eigenvalue weighted by Gasteiger charge is -2.36. The van der Waals surface area contributed by atoms with Crippen molar-refractivity contribution in [1.82, 2.24) is 5.32 Å². The molecule has 0 bridgehead atoms. The minimum Gasteiger partial charge on any atom is -0.366 e. The normalized spacial score (nSPS) is 16.6. The Kier molecular flexibility index (Phi) is 4.38. The molecule has 0 aliphatic carbocycles.